The highest BCUT2D eigenvalue weighted by Gasteiger charge is 2.56. The van der Waals surface area contributed by atoms with Crippen LogP contribution in [0.2, 0.25) is 0 Å². The molecular weight excluding hydrogens is 480 g/mol. The molecule has 0 saturated carbocycles. The zero-order chi connectivity index (χ0) is 26.4. The molecule has 5 heterocycles. The molecule has 37 heavy (non-hydrogen) atoms. The van der Waals surface area contributed by atoms with Crippen LogP contribution < -0.4 is 11.1 Å². The molecule has 3 saturated heterocycles. The van der Waals surface area contributed by atoms with Crippen molar-refractivity contribution in [1.82, 2.24) is 24.8 Å². The number of nitrogen functional groups attached to an aromatic ring is 1. The standard InChI is InChI=1S/C25H38N6O6/c1-24(2,3)37-23(32)27-8-6-15-12-30(10-11-33-15)13-17-18-19(36-25(4,5)35-18)22(34-17)31-9-7-16-20(26)28-14-29-21(16)31/h7,9,14-15,17-19,22H,6,8,10-13H2,1-5H3,(H,27,32)(H2,26,28,29)/t15?,17-,18-,19-,22-/m1/s1. The van der Waals surface area contributed by atoms with E-state index in [1.807, 2.05) is 51.4 Å². The van der Waals surface area contributed by atoms with E-state index >= 15 is 0 Å². The van der Waals surface area contributed by atoms with Crippen LogP contribution in [0.15, 0.2) is 18.6 Å². The van der Waals surface area contributed by atoms with E-state index in [2.05, 4.69) is 20.2 Å². The van der Waals surface area contributed by atoms with Gasteiger partial charge in [0.15, 0.2) is 12.0 Å². The lowest BCUT2D eigenvalue weighted by molar-refractivity contribution is -0.199. The molecule has 2 aromatic rings. The normalized spacial score (nSPS) is 29.9. The van der Waals surface area contributed by atoms with Gasteiger partial charge in [0, 0.05) is 32.4 Å². The minimum atomic E-state index is -0.715. The Hall–Kier alpha value is -2.51. The zero-order valence-electron chi connectivity index (χ0n) is 22.2. The molecule has 0 aliphatic carbocycles. The number of nitrogens with zero attached hydrogens (tertiary/aromatic N) is 4. The van der Waals surface area contributed by atoms with Gasteiger partial charge in [-0.25, -0.2) is 14.8 Å². The number of nitrogens with one attached hydrogen (secondary N) is 1. The van der Waals surface area contributed by atoms with Crippen molar-refractivity contribution in [2.45, 2.75) is 83.1 Å². The number of fused-ring (bicyclic) bond motifs is 2. The van der Waals surface area contributed by atoms with E-state index in [0.717, 1.165) is 18.5 Å². The van der Waals surface area contributed by atoms with E-state index in [-0.39, 0.29) is 24.4 Å². The lowest BCUT2D eigenvalue weighted by Crippen LogP contribution is -2.48. The maximum absolute atomic E-state index is 11.9. The third-order valence-corrected chi connectivity index (χ3v) is 6.74. The summed E-state index contributed by atoms with van der Waals surface area (Å²) in [4.78, 5) is 22.8. The maximum atomic E-state index is 11.9. The van der Waals surface area contributed by atoms with Crippen molar-refractivity contribution in [3.63, 3.8) is 0 Å². The summed E-state index contributed by atoms with van der Waals surface area (Å²) in [6, 6.07) is 1.90. The maximum Gasteiger partial charge on any atom is 0.407 e. The van der Waals surface area contributed by atoms with Gasteiger partial charge in [-0.2, -0.15) is 0 Å². The first-order valence-corrected chi connectivity index (χ1v) is 12.9. The molecule has 3 N–H and O–H groups in total. The highest BCUT2D eigenvalue weighted by Crippen LogP contribution is 2.44. The zero-order valence-corrected chi connectivity index (χ0v) is 22.2. The van der Waals surface area contributed by atoms with E-state index in [0.29, 0.717) is 37.6 Å². The number of nitrogens with two attached hydrogens (primary N) is 1. The van der Waals surface area contributed by atoms with Gasteiger partial charge in [0.2, 0.25) is 0 Å². The summed E-state index contributed by atoms with van der Waals surface area (Å²) in [5.74, 6) is -0.285. The number of alkyl carbamates (subject to hydrolysis) is 1. The van der Waals surface area contributed by atoms with Crippen molar-refractivity contribution in [2.75, 3.05) is 38.5 Å². The Bertz CT molecular complexity index is 1120. The summed E-state index contributed by atoms with van der Waals surface area (Å²) >= 11 is 0. The SMILES string of the molecule is CC(C)(C)OC(=O)NCCC1CN(C[C@H]2O[C@@H](n3ccc4c(N)ncnc43)[C@@H]3OC(C)(C)O[C@@H]32)CCO1. The summed E-state index contributed by atoms with van der Waals surface area (Å²) in [5, 5.41) is 3.59. The molecular formula is C25H38N6O6. The van der Waals surface area contributed by atoms with Crippen LogP contribution >= 0.6 is 0 Å². The predicted octanol–water partition coefficient (Wildman–Crippen LogP) is 2.05. The van der Waals surface area contributed by atoms with E-state index in [1.165, 1.54) is 6.33 Å². The quantitative estimate of drug-likeness (QED) is 0.585. The summed E-state index contributed by atoms with van der Waals surface area (Å²) in [5.41, 5.74) is 6.23. The van der Waals surface area contributed by atoms with Gasteiger partial charge in [-0.15, -0.1) is 0 Å². The molecule has 0 radical (unpaired) electrons. The van der Waals surface area contributed by atoms with Crippen LogP contribution in [0.25, 0.3) is 11.0 Å². The fraction of sp³-hybridized carbons (Fsp3) is 0.720. The second-order valence-electron chi connectivity index (χ2n) is 11.3. The molecule has 12 nitrogen and oxygen atoms in total. The first-order valence-electron chi connectivity index (χ1n) is 12.9. The van der Waals surface area contributed by atoms with Gasteiger partial charge in [0.25, 0.3) is 0 Å². The molecule has 204 valence electrons. The van der Waals surface area contributed by atoms with Crippen LogP contribution in [0.5, 0.6) is 0 Å². The smallest absolute Gasteiger partial charge is 0.407 e. The summed E-state index contributed by atoms with van der Waals surface area (Å²) in [6.45, 7) is 12.7. The van der Waals surface area contributed by atoms with Gasteiger partial charge in [-0.05, 0) is 47.1 Å². The number of ether oxygens (including phenoxy) is 5. The molecule has 0 bridgehead atoms. The molecule has 3 aliphatic heterocycles. The molecule has 0 aromatic carbocycles. The molecule has 3 fully saturated rings. The van der Waals surface area contributed by atoms with Crippen molar-refractivity contribution < 1.29 is 28.5 Å². The molecule has 5 atom stereocenters. The van der Waals surface area contributed by atoms with Crippen molar-refractivity contribution in [3.05, 3.63) is 18.6 Å². The average Bonchev–Trinajstić information content (AvgIpc) is 3.45. The fourth-order valence-corrected chi connectivity index (χ4v) is 5.25. The van der Waals surface area contributed by atoms with Gasteiger partial charge in [0.05, 0.1) is 18.1 Å². The van der Waals surface area contributed by atoms with Crippen LogP contribution in [0.1, 0.15) is 47.3 Å². The number of anilines is 1. The number of amides is 1. The third kappa shape index (κ3) is 5.83. The molecule has 12 heteroatoms. The highest BCUT2D eigenvalue weighted by molar-refractivity contribution is 5.86. The monoisotopic (exact) mass is 518 g/mol. The van der Waals surface area contributed by atoms with Crippen molar-refractivity contribution in [1.29, 1.82) is 0 Å². The number of hydrogen-bond donors (Lipinski definition) is 2. The molecule has 1 amide bonds. The average molecular weight is 519 g/mol. The third-order valence-electron chi connectivity index (χ3n) is 6.74. The van der Waals surface area contributed by atoms with Crippen LogP contribution in [-0.4, -0.2) is 94.1 Å². The number of morpholine rings is 1. The van der Waals surface area contributed by atoms with Crippen LogP contribution in [0.4, 0.5) is 10.6 Å². The summed E-state index contributed by atoms with van der Waals surface area (Å²) in [7, 11) is 0. The minimum absolute atomic E-state index is 0.00180. The largest absolute Gasteiger partial charge is 0.444 e. The van der Waals surface area contributed by atoms with Crippen LogP contribution in [0.3, 0.4) is 0 Å². The first-order chi connectivity index (χ1) is 17.5. The number of hydrogen-bond acceptors (Lipinski definition) is 10. The lowest BCUT2D eigenvalue weighted by Gasteiger charge is -2.35. The summed E-state index contributed by atoms with van der Waals surface area (Å²) in [6.07, 6.45) is 2.53. The summed E-state index contributed by atoms with van der Waals surface area (Å²) < 4.78 is 32.4. The highest BCUT2D eigenvalue weighted by atomic mass is 16.8. The predicted molar refractivity (Wildman–Crippen MR) is 135 cm³/mol. The van der Waals surface area contributed by atoms with Crippen LogP contribution in [-0.2, 0) is 23.7 Å². The van der Waals surface area contributed by atoms with Crippen LogP contribution in [0, 0.1) is 0 Å². The van der Waals surface area contributed by atoms with Gasteiger partial charge < -0.3 is 39.3 Å². The van der Waals surface area contributed by atoms with E-state index in [1.54, 1.807) is 0 Å². The topological polar surface area (TPSA) is 135 Å². The second kappa shape index (κ2) is 9.99. The Labute approximate surface area is 216 Å². The number of carbonyl (C=O) groups is 1. The molecule has 5 rings (SSSR count). The molecule has 2 aromatic heterocycles. The minimum Gasteiger partial charge on any atom is -0.444 e. The van der Waals surface area contributed by atoms with Crippen molar-refractivity contribution in [2.24, 2.45) is 0 Å². The van der Waals surface area contributed by atoms with E-state index in [4.69, 9.17) is 29.4 Å². The Morgan fingerprint density at radius 1 is 1.27 bits per heavy atom. The first kappa shape index (κ1) is 26.1. The number of aromatic nitrogens is 3. The Balaban J connectivity index is 1.22. The van der Waals surface area contributed by atoms with E-state index in [9.17, 15) is 4.79 Å². The number of carbonyl (C=O) groups excluding carboxylic acids is 1. The fourth-order valence-electron chi connectivity index (χ4n) is 5.25. The Morgan fingerprint density at radius 3 is 2.84 bits per heavy atom. The van der Waals surface area contributed by atoms with Gasteiger partial charge in [-0.3, -0.25) is 4.90 Å². The number of rotatable bonds is 6. The molecule has 1 unspecified atom stereocenters. The Kier molecular flexibility index (Phi) is 7.05. The lowest BCUT2D eigenvalue weighted by atomic mass is 10.1. The molecule has 0 spiro atoms. The van der Waals surface area contributed by atoms with Gasteiger partial charge in [-0.1, -0.05) is 0 Å². The van der Waals surface area contributed by atoms with Gasteiger partial charge >= 0.3 is 6.09 Å². The molecule has 3 aliphatic rings. The van der Waals surface area contributed by atoms with Crippen molar-refractivity contribution in [3.8, 4) is 0 Å². The van der Waals surface area contributed by atoms with Crippen molar-refractivity contribution >= 4 is 22.9 Å². The Morgan fingerprint density at radius 2 is 2.05 bits per heavy atom. The van der Waals surface area contributed by atoms with E-state index < -0.39 is 23.7 Å². The van der Waals surface area contributed by atoms with Gasteiger partial charge in [0.1, 0.15) is 41.7 Å². The second-order valence-corrected chi connectivity index (χ2v) is 11.3.